The van der Waals surface area contributed by atoms with Crippen LogP contribution in [0.25, 0.3) is 11.6 Å². The number of nitrogens with two attached hydrogens (primary N) is 1. The molecular formula is C9H12N4O. The van der Waals surface area contributed by atoms with E-state index in [1.165, 1.54) is 0 Å². The minimum absolute atomic E-state index is 0.568. The number of aromatic amines is 1. The maximum Gasteiger partial charge on any atom is 0.244 e. The van der Waals surface area contributed by atoms with E-state index in [-0.39, 0.29) is 0 Å². The Morgan fingerprint density at radius 2 is 2.29 bits per heavy atom. The Hall–Kier alpha value is -1.62. The molecule has 2 rings (SSSR count). The second-order valence-corrected chi connectivity index (χ2v) is 3.06. The van der Waals surface area contributed by atoms with Gasteiger partial charge in [0.25, 0.3) is 0 Å². The van der Waals surface area contributed by atoms with E-state index in [9.17, 15) is 0 Å². The number of imidazole rings is 1. The summed E-state index contributed by atoms with van der Waals surface area (Å²) in [5.41, 5.74) is 6.21. The zero-order chi connectivity index (χ0) is 9.97. The van der Waals surface area contributed by atoms with Gasteiger partial charge in [0.1, 0.15) is 17.3 Å². The van der Waals surface area contributed by atoms with Crippen molar-refractivity contribution in [3.05, 3.63) is 24.0 Å². The topological polar surface area (TPSA) is 80.7 Å². The summed E-state index contributed by atoms with van der Waals surface area (Å²) in [6.45, 7) is 2.44. The Morgan fingerprint density at radius 3 is 2.93 bits per heavy atom. The van der Waals surface area contributed by atoms with Gasteiger partial charge in [-0.2, -0.15) is 0 Å². The molecule has 0 aliphatic rings. The first-order chi connectivity index (χ1) is 6.79. The molecule has 5 nitrogen and oxygen atoms in total. The summed E-state index contributed by atoms with van der Waals surface area (Å²) in [7, 11) is 0. The fraction of sp³-hybridized carbons (Fsp3) is 0.333. The number of oxazole rings is 1. The fourth-order valence-corrected chi connectivity index (χ4v) is 1.21. The van der Waals surface area contributed by atoms with E-state index in [1.54, 1.807) is 12.4 Å². The molecule has 2 aromatic heterocycles. The number of nitrogens with zero attached hydrogens (tertiary/aromatic N) is 2. The molecule has 0 bridgehead atoms. The highest BCUT2D eigenvalue weighted by molar-refractivity contribution is 5.45. The van der Waals surface area contributed by atoms with Crippen molar-refractivity contribution >= 4 is 0 Å². The molecule has 5 heteroatoms. The number of hydrogen-bond donors (Lipinski definition) is 2. The second-order valence-electron chi connectivity index (χ2n) is 3.06. The molecule has 0 aliphatic heterocycles. The Morgan fingerprint density at radius 1 is 1.43 bits per heavy atom. The Balaban J connectivity index is 2.24. The van der Waals surface area contributed by atoms with Crippen molar-refractivity contribution in [3.8, 4) is 11.6 Å². The lowest BCUT2D eigenvalue weighted by Gasteiger charge is -1.90. The monoisotopic (exact) mass is 192 g/mol. The predicted molar refractivity (Wildman–Crippen MR) is 51.6 cm³/mol. The number of nitrogens with one attached hydrogen (secondary N) is 1. The lowest BCUT2D eigenvalue weighted by molar-refractivity contribution is 0.540. The molecule has 0 aromatic carbocycles. The molecule has 0 spiro atoms. The molecule has 0 amide bonds. The molecule has 0 fully saturated rings. The van der Waals surface area contributed by atoms with Crippen LogP contribution in [0, 0.1) is 6.92 Å². The van der Waals surface area contributed by atoms with Gasteiger partial charge in [0, 0.05) is 6.42 Å². The van der Waals surface area contributed by atoms with Crippen LogP contribution in [0.4, 0.5) is 0 Å². The van der Waals surface area contributed by atoms with Gasteiger partial charge in [-0.1, -0.05) is 0 Å². The van der Waals surface area contributed by atoms with Crippen LogP contribution in [0.2, 0.25) is 0 Å². The maximum atomic E-state index is 5.41. The normalized spacial score (nSPS) is 10.7. The van der Waals surface area contributed by atoms with Crippen LogP contribution >= 0.6 is 0 Å². The number of rotatable bonds is 3. The van der Waals surface area contributed by atoms with Gasteiger partial charge < -0.3 is 15.1 Å². The maximum absolute atomic E-state index is 5.41. The van der Waals surface area contributed by atoms with Gasteiger partial charge in [-0.15, -0.1) is 0 Å². The molecule has 14 heavy (non-hydrogen) atoms. The molecule has 0 atom stereocenters. The van der Waals surface area contributed by atoms with Gasteiger partial charge in [0.2, 0.25) is 5.89 Å². The minimum atomic E-state index is 0.568. The van der Waals surface area contributed by atoms with E-state index in [2.05, 4.69) is 15.0 Å². The van der Waals surface area contributed by atoms with Crippen LogP contribution in [-0.4, -0.2) is 21.5 Å². The molecule has 0 unspecified atom stereocenters. The van der Waals surface area contributed by atoms with Crippen LogP contribution in [0.15, 0.2) is 16.8 Å². The number of aromatic nitrogens is 3. The molecule has 74 valence electrons. The summed E-state index contributed by atoms with van der Waals surface area (Å²) < 4.78 is 5.35. The minimum Gasteiger partial charge on any atom is -0.440 e. The van der Waals surface area contributed by atoms with Crippen LogP contribution in [0.3, 0.4) is 0 Å². The first-order valence-electron chi connectivity index (χ1n) is 4.46. The third-order valence-corrected chi connectivity index (χ3v) is 1.86. The zero-order valence-electron chi connectivity index (χ0n) is 7.95. The van der Waals surface area contributed by atoms with E-state index in [0.29, 0.717) is 12.4 Å². The highest BCUT2D eigenvalue weighted by Gasteiger charge is 2.07. The van der Waals surface area contributed by atoms with Gasteiger partial charge in [0.15, 0.2) is 0 Å². The summed E-state index contributed by atoms with van der Waals surface area (Å²) >= 11 is 0. The van der Waals surface area contributed by atoms with E-state index < -0.39 is 0 Å². The van der Waals surface area contributed by atoms with Crippen molar-refractivity contribution in [2.75, 3.05) is 6.54 Å². The van der Waals surface area contributed by atoms with E-state index in [4.69, 9.17) is 10.2 Å². The Bertz CT molecular complexity index is 418. The van der Waals surface area contributed by atoms with E-state index in [0.717, 1.165) is 23.7 Å². The van der Waals surface area contributed by atoms with Crippen molar-refractivity contribution in [3.63, 3.8) is 0 Å². The Kier molecular flexibility index (Phi) is 2.32. The quantitative estimate of drug-likeness (QED) is 0.756. The summed E-state index contributed by atoms with van der Waals surface area (Å²) in [5.74, 6) is 2.21. The predicted octanol–water partition coefficient (Wildman–Crippen LogP) is 0.874. The van der Waals surface area contributed by atoms with Gasteiger partial charge in [-0.3, -0.25) is 0 Å². The fourth-order valence-electron chi connectivity index (χ4n) is 1.21. The molecule has 2 heterocycles. The molecule has 0 saturated carbocycles. The van der Waals surface area contributed by atoms with Crippen LogP contribution in [0.1, 0.15) is 11.6 Å². The third-order valence-electron chi connectivity index (χ3n) is 1.86. The van der Waals surface area contributed by atoms with Gasteiger partial charge in [-0.25, -0.2) is 9.97 Å². The zero-order valence-corrected chi connectivity index (χ0v) is 7.95. The van der Waals surface area contributed by atoms with Gasteiger partial charge in [0.05, 0.1) is 12.4 Å². The lowest BCUT2D eigenvalue weighted by atomic mass is 10.4. The third kappa shape index (κ3) is 1.67. The van der Waals surface area contributed by atoms with Crippen LogP contribution < -0.4 is 5.73 Å². The largest absolute Gasteiger partial charge is 0.440 e. The van der Waals surface area contributed by atoms with Crippen molar-refractivity contribution < 1.29 is 4.42 Å². The summed E-state index contributed by atoms with van der Waals surface area (Å²) in [5, 5.41) is 0. The summed E-state index contributed by atoms with van der Waals surface area (Å²) in [4.78, 5) is 11.3. The van der Waals surface area contributed by atoms with Crippen molar-refractivity contribution in [1.29, 1.82) is 0 Å². The SMILES string of the molecule is Cc1cnc(-c2cnc(CCN)[nH]2)o1. The molecule has 2 aromatic rings. The van der Waals surface area contributed by atoms with Crippen molar-refractivity contribution in [2.24, 2.45) is 5.73 Å². The molecule has 0 radical (unpaired) electrons. The average molecular weight is 192 g/mol. The van der Waals surface area contributed by atoms with Gasteiger partial charge >= 0.3 is 0 Å². The molecule has 3 N–H and O–H groups in total. The average Bonchev–Trinajstić information content (AvgIpc) is 2.74. The summed E-state index contributed by atoms with van der Waals surface area (Å²) in [6.07, 6.45) is 4.12. The highest BCUT2D eigenvalue weighted by atomic mass is 16.4. The first-order valence-corrected chi connectivity index (χ1v) is 4.46. The number of hydrogen-bond acceptors (Lipinski definition) is 4. The molecule has 0 aliphatic carbocycles. The number of H-pyrrole nitrogens is 1. The molecule has 0 saturated heterocycles. The van der Waals surface area contributed by atoms with Crippen molar-refractivity contribution in [1.82, 2.24) is 15.0 Å². The van der Waals surface area contributed by atoms with Crippen LogP contribution in [-0.2, 0) is 6.42 Å². The number of aryl methyl sites for hydroxylation is 1. The first kappa shape index (κ1) is 8.96. The van der Waals surface area contributed by atoms with Crippen molar-refractivity contribution in [2.45, 2.75) is 13.3 Å². The second kappa shape index (κ2) is 3.63. The van der Waals surface area contributed by atoms with E-state index in [1.807, 2.05) is 6.92 Å². The molecular weight excluding hydrogens is 180 g/mol. The Labute approximate surface area is 81.4 Å². The van der Waals surface area contributed by atoms with Gasteiger partial charge in [-0.05, 0) is 13.5 Å². The smallest absolute Gasteiger partial charge is 0.244 e. The highest BCUT2D eigenvalue weighted by Crippen LogP contribution is 2.16. The summed E-state index contributed by atoms with van der Waals surface area (Å²) in [6, 6.07) is 0. The lowest BCUT2D eigenvalue weighted by Crippen LogP contribution is -2.03. The van der Waals surface area contributed by atoms with E-state index >= 15 is 0 Å². The standard InChI is InChI=1S/C9H12N4O/c1-6-4-12-9(14-6)7-5-11-8(13-7)2-3-10/h4-5H,2-3,10H2,1H3,(H,11,13). The van der Waals surface area contributed by atoms with Crippen LogP contribution in [0.5, 0.6) is 0 Å².